The maximum Gasteiger partial charge on any atom is 0.287 e. The summed E-state index contributed by atoms with van der Waals surface area (Å²) >= 11 is 3.13. The second kappa shape index (κ2) is 5.53. The molecule has 4 nitrogen and oxygen atoms in total. The van der Waals surface area contributed by atoms with Crippen molar-refractivity contribution in [1.82, 2.24) is 5.32 Å². The van der Waals surface area contributed by atoms with Crippen LogP contribution in [0.2, 0.25) is 0 Å². The summed E-state index contributed by atoms with van der Waals surface area (Å²) in [6.45, 7) is 4.08. The monoisotopic (exact) mass is 296 g/mol. The van der Waals surface area contributed by atoms with Gasteiger partial charge in [0.05, 0.1) is 0 Å². The Balaban J connectivity index is 0.00000196. The average Bonchev–Trinajstić information content (AvgIpc) is 2.51. The number of nitrogens with one attached hydrogen (secondary N) is 1. The average molecular weight is 298 g/mol. The highest BCUT2D eigenvalue weighted by molar-refractivity contribution is 9.10. The zero-order valence-electron chi connectivity index (χ0n) is 8.54. The van der Waals surface area contributed by atoms with Gasteiger partial charge in [0.1, 0.15) is 0 Å². The molecule has 6 heteroatoms. The van der Waals surface area contributed by atoms with Crippen LogP contribution in [-0.2, 0) is 0 Å². The summed E-state index contributed by atoms with van der Waals surface area (Å²) in [5, 5.41) is 2.76. The van der Waals surface area contributed by atoms with Crippen molar-refractivity contribution in [3.05, 3.63) is 22.6 Å². The minimum atomic E-state index is -0.420. The van der Waals surface area contributed by atoms with Crippen LogP contribution < -0.4 is 11.1 Å². The van der Waals surface area contributed by atoms with Crippen LogP contribution in [0.3, 0.4) is 0 Å². The van der Waals surface area contributed by atoms with Crippen LogP contribution in [-0.4, -0.2) is 18.0 Å². The van der Waals surface area contributed by atoms with Gasteiger partial charge in [-0.1, -0.05) is 0 Å². The van der Waals surface area contributed by atoms with E-state index in [1.54, 1.807) is 12.1 Å². The van der Waals surface area contributed by atoms with Crippen LogP contribution in [0, 0.1) is 0 Å². The molecule has 86 valence electrons. The molecule has 1 aromatic rings. The van der Waals surface area contributed by atoms with E-state index in [1.807, 2.05) is 13.8 Å². The highest BCUT2D eigenvalue weighted by atomic mass is 79.9. The van der Waals surface area contributed by atoms with Crippen molar-refractivity contribution in [2.75, 3.05) is 6.54 Å². The second-order valence-electron chi connectivity index (χ2n) is 3.65. The van der Waals surface area contributed by atoms with E-state index in [-0.39, 0.29) is 24.1 Å². The Morgan fingerprint density at radius 2 is 2.20 bits per heavy atom. The lowest BCUT2D eigenvalue weighted by molar-refractivity contribution is 0.0886. The van der Waals surface area contributed by atoms with E-state index in [0.29, 0.717) is 11.2 Å². The second-order valence-corrected chi connectivity index (χ2v) is 4.43. The highest BCUT2D eigenvalue weighted by Crippen LogP contribution is 2.14. The summed E-state index contributed by atoms with van der Waals surface area (Å²) in [4.78, 5) is 11.6. The van der Waals surface area contributed by atoms with E-state index in [9.17, 15) is 4.79 Å². The standard InChI is InChI=1S/C9H13BrN2O2.ClH/c1-9(2,5-11)12-8(13)6-3-4-7(10)14-6;/h3-4H,5,11H2,1-2H3,(H,12,13);1H. The predicted octanol–water partition coefficient (Wildman–Crippen LogP) is 1.93. The Morgan fingerprint density at radius 1 is 1.60 bits per heavy atom. The Kier molecular flexibility index (Phi) is 5.34. The molecule has 0 aliphatic carbocycles. The molecule has 1 heterocycles. The van der Waals surface area contributed by atoms with Crippen molar-refractivity contribution in [2.24, 2.45) is 5.73 Å². The number of amides is 1. The van der Waals surface area contributed by atoms with E-state index < -0.39 is 5.54 Å². The number of furan rings is 1. The molecule has 1 amide bonds. The number of rotatable bonds is 3. The summed E-state index contributed by atoms with van der Waals surface area (Å²) < 4.78 is 5.63. The fourth-order valence-corrected chi connectivity index (χ4v) is 1.16. The minimum absolute atomic E-state index is 0. The van der Waals surface area contributed by atoms with Crippen LogP contribution in [0.4, 0.5) is 0 Å². The molecule has 0 aromatic carbocycles. The van der Waals surface area contributed by atoms with Gasteiger partial charge in [0.2, 0.25) is 0 Å². The maximum absolute atomic E-state index is 11.6. The lowest BCUT2D eigenvalue weighted by atomic mass is 10.1. The number of carbonyl (C=O) groups excluding carboxylic acids is 1. The quantitative estimate of drug-likeness (QED) is 0.896. The molecule has 0 unspecified atom stereocenters. The molecule has 0 saturated carbocycles. The summed E-state index contributed by atoms with van der Waals surface area (Å²) in [6, 6.07) is 3.27. The van der Waals surface area contributed by atoms with Crippen LogP contribution in [0.15, 0.2) is 21.2 Å². The molecule has 15 heavy (non-hydrogen) atoms. The van der Waals surface area contributed by atoms with E-state index >= 15 is 0 Å². The van der Waals surface area contributed by atoms with Crippen molar-refractivity contribution in [1.29, 1.82) is 0 Å². The van der Waals surface area contributed by atoms with E-state index in [2.05, 4.69) is 21.2 Å². The van der Waals surface area contributed by atoms with E-state index in [1.165, 1.54) is 0 Å². The number of carbonyl (C=O) groups is 1. The highest BCUT2D eigenvalue weighted by Gasteiger charge is 2.20. The lowest BCUT2D eigenvalue weighted by Gasteiger charge is -2.23. The topological polar surface area (TPSA) is 68.3 Å². The SMILES string of the molecule is CC(C)(CN)NC(=O)c1ccc(Br)o1.Cl. The summed E-state index contributed by atoms with van der Waals surface area (Å²) in [6.07, 6.45) is 0. The number of halogens is 2. The van der Waals surface area contributed by atoms with Gasteiger partial charge in [-0.2, -0.15) is 0 Å². The first-order valence-electron chi connectivity index (χ1n) is 4.22. The first-order valence-corrected chi connectivity index (χ1v) is 5.02. The molecular weight excluding hydrogens is 283 g/mol. The smallest absolute Gasteiger partial charge is 0.287 e. The molecule has 0 bridgehead atoms. The van der Waals surface area contributed by atoms with Crippen molar-refractivity contribution in [2.45, 2.75) is 19.4 Å². The Labute approximate surface area is 103 Å². The molecular formula is C9H14BrClN2O2. The molecule has 0 aliphatic rings. The third-order valence-electron chi connectivity index (χ3n) is 1.76. The normalized spacial score (nSPS) is 10.7. The van der Waals surface area contributed by atoms with E-state index in [4.69, 9.17) is 10.2 Å². The van der Waals surface area contributed by atoms with Crippen molar-refractivity contribution in [3.63, 3.8) is 0 Å². The molecule has 3 N–H and O–H groups in total. The summed E-state index contributed by atoms with van der Waals surface area (Å²) in [5.74, 6) is 0.0181. The summed E-state index contributed by atoms with van der Waals surface area (Å²) in [7, 11) is 0. The van der Waals surface area contributed by atoms with Gasteiger partial charge in [-0.15, -0.1) is 12.4 Å². The van der Waals surface area contributed by atoms with Gasteiger partial charge in [0.25, 0.3) is 5.91 Å². The first-order chi connectivity index (χ1) is 6.44. The molecule has 0 aliphatic heterocycles. The molecule has 0 radical (unpaired) electrons. The summed E-state index contributed by atoms with van der Waals surface area (Å²) in [5.41, 5.74) is 5.06. The van der Waals surface area contributed by atoms with Crippen LogP contribution in [0.25, 0.3) is 0 Å². The van der Waals surface area contributed by atoms with Crippen LogP contribution in [0.1, 0.15) is 24.4 Å². The molecule has 1 rings (SSSR count). The number of hydrogen-bond donors (Lipinski definition) is 2. The van der Waals surface area contributed by atoms with Gasteiger partial charge in [0.15, 0.2) is 10.4 Å². The van der Waals surface area contributed by atoms with Crippen molar-refractivity contribution < 1.29 is 9.21 Å². The van der Waals surface area contributed by atoms with Gasteiger partial charge < -0.3 is 15.5 Å². The largest absolute Gasteiger partial charge is 0.444 e. The number of hydrogen-bond acceptors (Lipinski definition) is 3. The number of nitrogens with two attached hydrogens (primary N) is 1. The molecule has 0 fully saturated rings. The third kappa shape index (κ3) is 4.24. The van der Waals surface area contributed by atoms with Gasteiger partial charge in [0, 0.05) is 12.1 Å². The third-order valence-corrected chi connectivity index (χ3v) is 2.19. The lowest BCUT2D eigenvalue weighted by Crippen LogP contribution is -2.48. The van der Waals surface area contributed by atoms with Gasteiger partial charge >= 0.3 is 0 Å². The molecule has 0 saturated heterocycles. The van der Waals surface area contributed by atoms with Crippen LogP contribution >= 0.6 is 28.3 Å². The maximum atomic E-state index is 11.6. The van der Waals surface area contributed by atoms with Gasteiger partial charge in [-0.05, 0) is 41.9 Å². The van der Waals surface area contributed by atoms with Gasteiger partial charge in [-0.25, -0.2) is 0 Å². The zero-order valence-corrected chi connectivity index (χ0v) is 10.9. The van der Waals surface area contributed by atoms with Crippen LogP contribution in [0.5, 0.6) is 0 Å². The fourth-order valence-electron chi connectivity index (χ4n) is 0.856. The molecule has 0 spiro atoms. The Hall–Kier alpha value is -0.520. The van der Waals surface area contributed by atoms with Gasteiger partial charge in [-0.3, -0.25) is 4.79 Å². The fraction of sp³-hybridized carbons (Fsp3) is 0.444. The molecule has 1 aromatic heterocycles. The zero-order chi connectivity index (χ0) is 10.8. The van der Waals surface area contributed by atoms with E-state index in [0.717, 1.165) is 0 Å². The minimum Gasteiger partial charge on any atom is -0.444 e. The van der Waals surface area contributed by atoms with Crippen molar-refractivity contribution in [3.8, 4) is 0 Å². The predicted molar refractivity (Wildman–Crippen MR) is 64.3 cm³/mol. The molecule has 0 atom stereocenters. The first kappa shape index (κ1) is 14.5. The Morgan fingerprint density at radius 3 is 2.60 bits per heavy atom. The van der Waals surface area contributed by atoms with Crippen molar-refractivity contribution >= 4 is 34.2 Å². The Bertz CT molecular complexity index is 339.